The van der Waals surface area contributed by atoms with Gasteiger partial charge >= 0.3 is 5.97 Å². The number of aliphatic carboxylic acids is 1. The molecular formula is C14H17N3O3. The summed E-state index contributed by atoms with van der Waals surface area (Å²) >= 11 is 0. The van der Waals surface area contributed by atoms with Crippen LogP contribution in [0.1, 0.15) is 42.5 Å². The second kappa shape index (κ2) is 5.19. The molecule has 3 rings (SSSR count). The van der Waals surface area contributed by atoms with Gasteiger partial charge in [-0.15, -0.1) is 0 Å². The minimum Gasteiger partial charge on any atom is -0.480 e. The van der Waals surface area contributed by atoms with Crippen LogP contribution in [0.15, 0.2) is 18.5 Å². The number of likely N-dealkylation sites (tertiary alicyclic amines) is 1. The lowest BCUT2D eigenvalue weighted by Crippen LogP contribution is -2.46. The number of hydrogen-bond acceptors (Lipinski definition) is 4. The van der Waals surface area contributed by atoms with Crippen LogP contribution in [0.3, 0.4) is 0 Å². The van der Waals surface area contributed by atoms with Crippen LogP contribution >= 0.6 is 0 Å². The van der Waals surface area contributed by atoms with Crippen molar-refractivity contribution in [3.63, 3.8) is 0 Å². The molecule has 1 saturated carbocycles. The van der Waals surface area contributed by atoms with Crippen LogP contribution in [0.2, 0.25) is 0 Å². The highest BCUT2D eigenvalue weighted by Crippen LogP contribution is 2.40. The number of fused-ring (bicyclic) bond motifs is 1. The smallest absolute Gasteiger partial charge is 0.326 e. The van der Waals surface area contributed by atoms with E-state index in [4.69, 9.17) is 0 Å². The van der Waals surface area contributed by atoms with E-state index in [0.717, 1.165) is 25.7 Å². The van der Waals surface area contributed by atoms with E-state index in [9.17, 15) is 14.7 Å². The van der Waals surface area contributed by atoms with Crippen LogP contribution in [0.4, 0.5) is 0 Å². The van der Waals surface area contributed by atoms with Gasteiger partial charge in [0.2, 0.25) is 0 Å². The molecule has 1 amide bonds. The second-order valence-corrected chi connectivity index (χ2v) is 5.55. The molecule has 1 N–H and O–H groups in total. The molecule has 6 heteroatoms. The van der Waals surface area contributed by atoms with Gasteiger partial charge in [-0.1, -0.05) is 12.8 Å². The number of amides is 1. The monoisotopic (exact) mass is 275 g/mol. The molecule has 1 saturated heterocycles. The highest BCUT2D eigenvalue weighted by Gasteiger charge is 2.47. The fourth-order valence-corrected chi connectivity index (χ4v) is 3.54. The zero-order chi connectivity index (χ0) is 14.1. The fourth-order valence-electron chi connectivity index (χ4n) is 3.54. The van der Waals surface area contributed by atoms with E-state index in [2.05, 4.69) is 10.2 Å². The Kier molecular flexibility index (Phi) is 3.38. The summed E-state index contributed by atoms with van der Waals surface area (Å²) in [4.78, 5) is 25.7. The van der Waals surface area contributed by atoms with E-state index >= 15 is 0 Å². The van der Waals surface area contributed by atoms with Gasteiger partial charge in [-0.3, -0.25) is 4.79 Å². The molecular weight excluding hydrogens is 258 g/mol. The lowest BCUT2D eigenvalue weighted by atomic mass is 9.84. The van der Waals surface area contributed by atoms with E-state index in [0.29, 0.717) is 17.9 Å². The number of nitrogens with zero attached hydrogens (tertiary/aromatic N) is 3. The average Bonchev–Trinajstić information content (AvgIpc) is 2.87. The Hall–Kier alpha value is -1.98. The molecule has 3 atom stereocenters. The molecule has 2 heterocycles. The van der Waals surface area contributed by atoms with Gasteiger partial charge in [0.05, 0.1) is 18.0 Å². The summed E-state index contributed by atoms with van der Waals surface area (Å²) in [7, 11) is 0. The molecule has 0 aromatic carbocycles. The molecule has 0 bridgehead atoms. The van der Waals surface area contributed by atoms with Crippen LogP contribution in [0.25, 0.3) is 0 Å². The van der Waals surface area contributed by atoms with Gasteiger partial charge < -0.3 is 10.0 Å². The summed E-state index contributed by atoms with van der Waals surface area (Å²) in [5.41, 5.74) is 0.414. The van der Waals surface area contributed by atoms with Gasteiger partial charge in [0.15, 0.2) is 0 Å². The number of hydrogen-bond donors (Lipinski definition) is 1. The van der Waals surface area contributed by atoms with E-state index in [1.54, 1.807) is 11.0 Å². The summed E-state index contributed by atoms with van der Waals surface area (Å²) in [5.74, 6) is -0.819. The van der Waals surface area contributed by atoms with Crippen molar-refractivity contribution in [1.29, 1.82) is 0 Å². The Morgan fingerprint density at radius 2 is 2.05 bits per heavy atom. The maximum atomic E-state index is 12.6. The number of carboxylic acids is 1. The summed E-state index contributed by atoms with van der Waals surface area (Å²) in [6, 6.07) is 0.944. The van der Waals surface area contributed by atoms with E-state index in [1.807, 2.05) is 0 Å². The largest absolute Gasteiger partial charge is 0.480 e. The van der Waals surface area contributed by atoms with Crippen molar-refractivity contribution in [2.75, 3.05) is 0 Å². The summed E-state index contributed by atoms with van der Waals surface area (Å²) in [5, 5.41) is 16.8. The maximum Gasteiger partial charge on any atom is 0.326 e. The first kappa shape index (κ1) is 13.0. The van der Waals surface area contributed by atoms with Gasteiger partial charge in [-0.25, -0.2) is 4.79 Å². The zero-order valence-corrected chi connectivity index (χ0v) is 11.1. The van der Waals surface area contributed by atoms with Gasteiger partial charge in [0.25, 0.3) is 5.91 Å². The molecule has 6 nitrogen and oxygen atoms in total. The summed E-state index contributed by atoms with van der Waals surface area (Å²) in [6.07, 6.45) is 7.54. The number of carbonyl (C=O) groups is 2. The first-order valence-corrected chi connectivity index (χ1v) is 7.00. The molecule has 2 aliphatic rings. The molecule has 1 aliphatic heterocycles. The van der Waals surface area contributed by atoms with Crippen LogP contribution < -0.4 is 0 Å². The third-order valence-electron chi connectivity index (χ3n) is 4.44. The fraction of sp³-hybridized carbons (Fsp3) is 0.571. The Morgan fingerprint density at radius 1 is 1.25 bits per heavy atom. The topological polar surface area (TPSA) is 83.4 Å². The van der Waals surface area contributed by atoms with Gasteiger partial charge in [-0.05, 0) is 31.2 Å². The molecule has 1 aromatic heterocycles. The first-order valence-electron chi connectivity index (χ1n) is 7.00. The van der Waals surface area contributed by atoms with Gasteiger partial charge in [0, 0.05) is 6.04 Å². The number of carboxylic acid groups (broad SMARTS) is 1. The SMILES string of the molecule is O=C(O)C1CC2CCCCC2N1C(=O)c1ccnnc1. The van der Waals surface area contributed by atoms with Crippen molar-refractivity contribution in [2.45, 2.75) is 44.2 Å². The van der Waals surface area contributed by atoms with Crippen molar-refractivity contribution in [3.8, 4) is 0 Å². The predicted molar refractivity (Wildman–Crippen MR) is 70.0 cm³/mol. The molecule has 20 heavy (non-hydrogen) atoms. The van der Waals surface area contributed by atoms with Gasteiger partial charge in [0.1, 0.15) is 6.04 Å². The van der Waals surface area contributed by atoms with Crippen molar-refractivity contribution >= 4 is 11.9 Å². The Labute approximate surface area is 116 Å². The molecule has 1 aliphatic carbocycles. The van der Waals surface area contributed by atoms with Crippen molar-refractivity contribution in [2.24, 2.45) is 5.92 Å². The highest BCUT2D eigenvalue weighted by molar-refractivity contribution is 5.97. The minimum absolute atomic E-state index is 0.0607. The lowest BCUT2D eigenvalue weighted by Gasteiger charge is -2.32. The van der Waals surface area contributed by atoms with Crippen LogP contribution in [-0.4, -0.2) is 44.2 Å². The van der Waals surface area contributed by atoms with Crippen LogP contribution in [-0.2, 0) is 4.79 Å². The number of carbonyl (C=O) groups excluding carboxylic acids is 1. The van der Waals surface area contributed by atoms with Crippen LogP contribution in [0, 0.1) is 5.92 Å². The average molecular weight is 275 g/mol. The lowest BCUT2D eigenvalue weighted by molar-refractivity contribution is -0.141. The Morgan fingerprint density at radius 3 is 2.75 bits per heavy atom. The minimum atomic E-state index is -0.908. The van der Waals surface area contributed by atoms with E-state index in [1.165, 1.54) is 12.4 Å². The highest BCUT2D eigenvalue weighted by atomic mass is 16.4. The van der Waals surface area contributed by atoms with E-state index in [-0.39, 0.29) is 11.9 Å². The van der Waals surface area contributed by atoms with Gasteiger partial charge in [-0.2, -0.15) is 10.2 Å². The standard InChI is InChI=1S/C14H17N3O3/c18-13(10-5-6-15-16-8-10)17-11-4-2-1-3-9(11)7-12(17)14(19)20/h5-6,8-9,11-12H,1-4,7H2,(H,19,20). The molecule has 106 valence electrons. The summed E-state index contributed by atoms with van der Waals surface area (Å²) in [6.45, 7) is 0. The number of aromatic nitrogens is 2. The molecule has 0 radical (unpaired) electrons. The predicted octanol–water partition coefficient (Wildman–Crippen LogP) is 1.33. The summed E-state index contributed by atoms with van der Waals surface area (Å²) < 4.78 is 0. The normalized spacial score (nSPS) is 29.0. The molecule has 1 aromatic rings. The maximum absolute atomic E-state index is 12.6. The van der Waals surface area contributed by atoms with Crippen LogP contribution in [0.5, 0.6) is 0 Å². The van der Waals surface area contributed by atoms with Crippen molar-refractivity contribution in [1.82, 2.24) is 15.1 Å². The van der Waals surface area contributed by atoms with Crippen molar-refractivity contribution < 1.29 is 14.7 Å². The molecule has 0 spiro atoms. The molecule has 2 fully saturated rings. The quantitative estimate of drug-likeness (QED) is 0.880. The third kappa shape index (κ3) is 2.15. The second-order valence-electron chi connectivity index (χ2n) is 5.55. The number of rotatable bonds is 2. The Balaban J connectivity index is 1.91. The zero-order valence-electron chi connectivity index (χ0n) is 11.1. The van der Waals surface area contributed by atoms with E-state index < -0.39 is 12.0 Å². The van der Waals surface area contributed by atoms with Crippen molar-refractivity contribution in [3.05, 3.63) is 24.0 Å². The Bertz CT molecular complexity index is 520. The first-order chi connectivity index (χ1) is 9.68. The third-order valence-corrected chi connectivity index (χ3v) is 4.44. The molecule has 3 unspecified atom stereocenters.